The molecular formula is C18H23N3O5. The van der Waals surface area contributed by atoms with Crippen LogP contribution in [0.4, 0.5) is 0 Å². The molecule has 2 N–H and O–H groups in total. The first-order valence-electron chi connectivity index (χ1n) is 8.70. The Labute approximate surface area is 150 Å². The first-order valence-corrected chi connectivity index (χ1v) is 8.70. The topological polar surface area (TPSA) is 115 Å². The highest BCUT2D eigenvalue weighted by molar-refractivity contribution is 6.06. The van der Waals surface area contributed by atoms with E-state index in [-0.39, 0.29) is 18.4 Å². The molecule has 1 aliphatic heterocycles. The maximum Gasteiger partial charge on any atom is 0.311 e. The van der Waals surface area contributed by atoms with Crippen molar-refractivity contribution < 1.29 is 24.0 Å². The van der Waals surface area contributed by atoms with Crippen LogP contribution >= 0.6 is 0 Å². The highest BCUT2D eigenvalue weighted by atomic mass is 16.5. The molecule has 1 saturated heterocycles. The summed E-state index contributed by atoms with van der Waals surface area (Å²) in [4.78, 5) is 29.0. The Kier molecular flexibility index (Phi) is 4.95. The van der Waals surface area contributed by atoms with Crippen molar-refractivity contribution in [1.29, 1.82) is 0 Å². The van der Waals surface area contributed by atoms with Gasteiger partial charge in [0.05, 0.1) is 22.1 Å². The molecule has 0 spiro atoms. The predicted molar refractivity (Wildman–Crippen MR) is 93.1 cm³/mol. The van der Waals surface area contributed by atoms with E-state index >= 15 is 0 Å². The van der Waals surface area contributed by atoms with E-state index in [0.29, 0.717) is 48.4 Å². The third kappa shape index (κ3) is 3.29. The molecule has 3 rings (SSSR count). The van der Waals surface area contributed by atoms with Crippen molar-refractivity contribution in [3.05, 3.63) is 23.0 Å². The molecule has 0 unspecified atom stereocenters. The molecule has 140 valence electrons. The van der Waals surface area contributed by atoms with Gasteiger partial charge in [-0.05, 0) is 31.7 Å². The van der Waals surface area contributed by atoms with Crippen molar-refractivity contribution in [3.63, 3.8) is 0 Å². The van der Waals surface area contributed by atoms with Gasteiger partial charge in [0.2, 0.25) is 0 Å². The predicted octanol–water partition coefficient (Wildman–Crippen LogP) is 2.27. The zero-order valence-corrected chi connectivity index (χ0v) is 15.2. The quantitative estimate of drug-likeness (QED) is 0.839. The second-order valence-corrected chi connectivity index (χ2v) is 7.08. The zero-order chi connectivity index (χ0) is 18.9. The lowest BCUT2D eigenvalue weighted by Crippen LogP contribution is -2.46. The van der Waals surface area contributed by atoms with Crippen LogP contribution in [0.3, 0.4) is 0 Å². The number of aromatic nitrogens is 2. The summed E-state index contributed by atoms with van der Waals surface area (Å²) in [5.41, 5.74) is 1.03. The molecule has 2 aromatic rings. The van der Waals surface area contributed by atoms with Crippen LogP contribution in [0.1, 0.15) is 54.4 Å². The first kappa shape index (κ1) is 18.3. The number of carbonyl (C=O) groups is 2. The highest BCUT2D eigenvalue weighted by Crippen LogP contribution is 2.31. The summed E-state index contributed by atoms with van der Waals surface area (Å²) in [5, 5.41) is 16.9. The molecule has 1 amide bonds. The zero-order valence-electron chi connectivity index (χ0n) is 15.2. The van der Waals surface area contributed by atoms with Gasteiger partial charge in [-0.15, -0.1) is 0 Å². The molecule has 8 nitrogen and oxygen atoms in total. The summed E-state index contributed by atoms with van der Waals surface area (Å²) in [5.74, 6) is -1.15. The molecule has 0 saturated carbocycles. The summed E-state index contributed by atoms with van der Waals surface area (Å²) in [6.45, 7) is 6.50. The van der Waals surface area contributed by atoms with E-state index in [2.05, 4.69) is 15.5 Å². The van der Waals surface area contributed by atoms with E-state index in [4.69, 9.17) is 9.26 Å². The molecule has 8 heteroatoms. The van der Waals surface area contributed by atoms with Crippen LogP contribution in [0.2, 0.25) is 0 Å². The Bertz CT molecular complexity index is 837. The van der Waals surface area contributed by atoms with Gasteiger partial charge in [0.25, 0.3) is 11.6 Å². The number of fused-ring (bicyclic) bond motifs is 1. The minimum Gasteiger partial charge on any atom is -0.481 e. The van der Waals surface area contributed by atoms with Crippen LogP contribution in [0, 0.1) is 12.3 Å². The molecule has 0 bridgehead atoms. The second-order valence-electron chi connectivity index (χ2n) is 7.08. The average Bonchev–Trinajstić information content (AvgIpc) is 3.00. The number of pyridine rings is 1. The fourth-order valence-corrected chi connectivity index (χ4v) is 3.16. The van der Waals surface area contributed by atoms with Gasteiger partial charge in [-0.1, -0.05) is 19.0 Å². The van der Waals surface area contributed by atoms with Gasteiger partial charge in [0.1, 0.15) is 0 Å². The smallest absolute Gasteiger partial charge is 0.311 e. The highest BCUT2D eigenvalue weighted by Gasteiger charge is 2.40. The van der Waals surface area contributed by atoms with Crippen LogP contribution in [0.25, 0.3) is 11.1 Å². The van der Waals surface area contributed by atoms with E-state index in [1.54, 1.807) is 13.0 Å². The molecule has 0 aromatic carbocycles. The Balaban J connectivity index is 1.89. The van der Waals surface area contributed by atoms with E-state index in [1.807, 2.05) is 13.8 Å². The second kappa shape index (κ2) is 7.03. The van der Waals surface area contributed by atoms with Crippen molar-refractivity contribution in [2.75, 3.05) is 19.8 Å². The summed E-state index contributed by atoms with van der Waals surface area (Å²) >= 11 is 0. The van der Waals surface area contributed by atoms with Crippen LogP contribution in [0.15, 0.2) is 10.6 Å². The van der Waals surface area contributed by atoms with Gasteiger partial charge >= 0.3 is 5.97 Å². The Morgan fingerprint density at radius 1 is 1.35 bits per heavy atom. The molecule has 0 atom stereocenters. The van der Waals surface area contributed by atoms with Gasteiger partial charge < -0.3 is 19.7 Å². The molecular weight excluding hydrogens is 338 g/mol. The van der Waals surface area contributed by atoms with Crippen molar-refractivity contribution in [3.8, 4) is 0 Å². The number of nitrogens with one attached hydrogen (secondary N) is 1. The van der Waals surface area contributed by atoms with Crippen molar-refractivity contribution >= 4 is 23.0 Å². The number of carboxylic acids is 1. The summed E-state index contributed by atoms with van der Waals surface area (Å²) in [6, 6.07) is 1.73. The monoisotopic (exact) mass is 361 g/mol. The van der Waals surface area contributed by atoms with Gasteiger partial charge in [-0.3, -0.25) is 9.59 Å². The number of nitrogens with zero attached hydrogens (tertiary/aromatic N) is 2. The lowest BCUT2D eigenvalue weighted by atomic mass is 9.80. The third-order valence-corrected chi connectivity index (χ3v) is 4.96. The first-order chi connectivity index (χ1) is 12.3. The molecule has 1 aliphatic rings. The normalized spacial score (nSPS) is 16.8. The summed E-state index contributed by atoms with van der Waals surface area (Å²) < 4.78 is 10.5. The maximum absolute atomic E-state index is 12.9. The lowest BCUT2D eigenvalue weighted by molar-refractivity contribution is -0.154. The van der Waals surface area contributed by atoms with Crippen LogP contribution in [-0.4, -0.2) is 46.9 Å². The SMILES string of the molecule is Cc1noc2nc(C(C)C)cc(C(=O)NCC3(C(=O)O)CCOCC3)c12. The fourth-order valence-electron chi connectivity index (χ4n) is 3.16. The Hall–Kier alpha value is -2.48. The number of hydrogen-bond donors (Lipinski definition) is 2. The number of aliphatic carboxylic acids is 1. The van der Waals surface area contributed by atoms with Crippen molar-refractivity contribution in [2.45, 2.75) is 39.5 Å². The number of carbonyl (C=O) groups excluding carboxylic acids is 1. The van der Waals surface area contributed by atoms with E-state index in [0.717, 1.165) is 5.69 Å². The lowest BCUT2D eigenvalue weighted by Gasteiger charge is -2.33. The number of aryl methyl sites for hydroxylation is 1. The third-order valence-electron chi connectivity index (χ3n) is 4.96. The van der Waals surface area contributed by atoms with Crippen LogP contribution < -0.4 is 5.32 Å². The van der Waals surface area contributed by atoms with Crippen molar-refractivity contribution in [1.82, 2.24) is 15.5 Å². The van der Waals surface area contributed by atoms with Gasteiger partial charge in [0.15, 0.2) is 0 Å². The molecule has 26 heavy (non-hydrogen) atoms. The van der Waals surface area contributed by atoms with E-state index in [9.17, 15) is 14.7 Å². The molecule has 3 heterocycles. The maximum atomic E-state index is 12.9. The Morgan fingerprint density at radius 3 is 2.65 bits per heavy atom. The number of amides is 1. The molecule has 0 radical (unpaired) electrons. The number of carboxylic acid groups (broad SMARTS) is 1. The summed E-state index contributed by atoms with van der Waals surface area (Å²) in [6.07, 6.45) is 0.746. The van der Waals surface area contributed by atoms with Gasteiger partial charge in [0, 0.05) is 25.5 Å². The fraction of sp³-hybridized carbons (Fsp3) is 0.556. The number of hydrogen-bond acceptors (Lipinski definition) is 6. The van der Waals surface area contributed by atoms with E-state index < -0.39 is 11.4 Å². The van der Waals surface area contributed by atoms with Crippen LogP contribution in [0.5, 0.6) is 0 Å². The standard InChI is InChI=1S/C18H23N3O5/c1-10(2)13-8-12(14-11(3)21-26-16(14)20-13)15(22)19-9-18(17(23)24)4-6-25-7-5-18/h8,10H,4-7,9H2,1-3H3,(H,19,22)(H,23,24). The molecule has 0 aliphatic carbocycles. The summed E-state index contributed by atoms with van der Waals surface area (Å²) in [7, 11) is 0. The van der Waals surface area contributed by atoms with Crippen molar-refractivity contribution in [2.24, 2.45) is 5.41 Å². The van der Waals surface area contributed by atoms with E-state index in [1.165, 1.54) is 0 Å². The number of ether oxygens (including phenoxy) is 1. The van der Waals surface area contributed by atoms with Crippen LogP contribution in [-0.2, 0) is 9.53 Å². The van der Waals surface area contributed by atoms with Gasteiger partial charge in [-0.2, -0.15) is 0 Å². The largest absolute Gasteiger partial charge is 0.481 e. The number of rotatable bonds is 5. The molecule has 2 aromatic heterocycles. The minimum atomic E-state index is -0.995. The minimum absolute atomic E-state index is 0.0513. The Morgan fingerprint density at radius 2 is 2.04 bits per heavy atom. The van der Waals surface area contributed by atoms with Gasteiger partial charge in [-0.25, -0.2) is 4.98 Å². The average molecular weight is 361 g/mol. The molecule has 1 fully saturated rings.